The number of halogens is 6. The molecule has 0 saturated carbocycles. The molecule has 3 aromatic rings. The molecule has 67 heavy (non-hydrogen) atoms. The van der Waals surface area contributed by atoms with Crippen LogP contribution in [0.3, 0.4) is 0 Å². The molecule has 0 amide bonds. The first-order valence-electron chi connectivity index (χ1n) is 17.4. The maximum Gasteiger partial charge on any atom is 2.00 e. The molecule has 0 aliphatic carbocycles. The molecule has 3 radical (unpaired) electrons. The molecule has 0 atom stereocenters. The van der Waals surface area contributed by atoms with Crippen molar-refractivity contribution in [1.82, 2.24) is 0 Å². The summed E-state index contributed by atoms with van der Waals surface area (Å²) < 4.78 is 8.40. The van der Waals surface area contributed by atoms with Gasteiger partial charge in [-0.15, -0.1) is 11.5 Å². The molecule has 3 rings (SSSR count). The predicted octanol–water partition coefficient (Wildman–Crippen LogP) is 2.28. The Bertz CT molecular complexity index is 1670. The number of carbonyl (C=O) groups excluding carboxylic acids is 2. The van der Waals surface area contributed by atoms with Gasteiger partial charge in [-0.1, -0.05) is 138 Å². The number of carboxylic acids is 2. The number of hydrogen-bond acceptors (Lipinski definition) is 20. The van der Waals surface area contributed by atoms with Gasteiger partial charge in [-0.25, -0.2) is 0 Å². The number of carboxylic acid groups (broad SMARTS) is 2. The average molecular weight is 1200 g/mol. The molecular formula is C38H46Cl6Co3N4O16. The molecule has 3 aromatic carbocycles. The topological polar surface area (TPSA) is 318 Å². The molecule has 0 unspecified atom stereocenters. The van der Waals surface area contributed by atoms with Crippen molar-refractivity contribution >= 4 is 106 Å². The fraction of sp³-hybridized carbons (Fsp3) is 0.368. The average Bonchev–Trinajstić information content (AvgIpc) is 3.20. The molecule has 0 spiro atoms. The summed E-state index contributed by atoms with van der Waals surface area (Å²) in [6.45, 7) is 5.82. The van der Waals surface area contributed by atoms with E-state index in [-0.39, 0.29) is 124 Å². The zero-order valence-electron chi connectivity index (χ0n) is 36.0. The third kappa shape index (κ3) is 50.2. The second kappa shape index (κ2) is 53.4. The van der Waals surface area contributed by atoms with Crippen molar-refractivity contribution in [2.45, 2.75) is 36.3 Å². The molecule has 383 valence electrons. The van der Waals surface area contributed by atoms with E-state index in [2.05, 4.69) is 20.6 Å². The number of oxime groups is 4. The Kier molecular flexibility index (Phi) is 61.9. The van der Waals surface area contributed by atoms with Crippen LogP contribution < -0.4 is 40.1 Å². The molecule has 0 heterocycles. The van der Waals surface area contributed by atoms with Crippen molar-refractivity contribution in [3.8, 4) is 34.5 Å². The molecular weight excluding hydrogens is 1160 g/mol. The predicted molar refractivity (Wildman–Crippen MR) is 234 cm³/mol. The number of para-hydroxylation sites is 2. The molecule has 29 heteroatoms. The zero-order chi connectivity index (χ0) is 49.9. The van der Waals surface area contributed by atoms with Crippen LogP contribution in [0.5, 0.6) is 34.5 Å². The van der Waals surface area contributed by atoms with Crippen molar-refractivity contribution in [3.63, 3.8) is 0 Å². The summed E-state index contributed by atoms with van der Waals surface area (Å²) in [6, 6.07) is 12.3. The van der Waals surface area contributed by atoms with Crippen LogP contribution in [0.15, 0.2) is 69.2 Å². The quantitative estimate of drug-likeness (QED) is 0.0899. The molecule has 0 fully saturated rings. The van der Waals surface area contributed by atoms with Crippen LogP contribution in [-0.4, -0.2) is 109 Å². The van der Waals surface area contributed by atoms with Gasteiger partial charge in [0.15, 0.2) is 35.0 Å². The van der Waals surface area contributed by atoms with E-state index in [1.54, 1.807) is 50.2 Å². The summed E-state index contributed by atoms with van der Waals surface area (Å²) in [5.74, 6) is -4.01. The van der Waals surface area contributed by atoms with E-state index in [1.165, 1.54) is 38.8 Å². The van der Waals surface area contributed by atoms with E-state index in [0.29, 0.717) is 11.1 Å². The van der Waals surface area contributed by atoms with Crippen molar-refractivity contribution in [2.24, 2.45) is 20.6 Å². The number of aliphatic hydroxyl groups excluding tert-OH is 2. The molecule has 0 aliphatic rings. The first-order valence-corrected chi connectivity index (χ1v) is 20.1. The minimum Gasteiger partial charge on any atom is -0.872 e. The van der Waals surface area contributed by atoms with Crippen LogP contribution in [0.2, 0.25) is 0 Å². The van der Waals surface area contributed by atoms with Gasteiger partial charge in [-0.3, -0.25) is 0 Å². The normalized spacial score (nSPS) is 9.55. The number of aliphatic hydroxyl groups is 2. The number of hydrogen-bond donors (Lipinski definition) is 2. The Morgan fingerprint density at radius 3 is 0.910 bits per heavy atom. The van der Waals surface area contributed by atoms with Crippen LogP contribution in [0.4, 0.5) is 0 Å². The third-order valence-electron chi connectivity index (χ3n) is 5.23. The minimum absolute atomic E-state index is 0. The smallest absolute Gasteiger partial charge is 0.872 e. The first-order chi connectivity index (χ1) is 30.2. The molecule has 0 aromatic heterocycles. The Morgan fingerprint density at radius 1 is 0.522 bits per heavy atom. The van der Waals surface area contributed by atoms with Gasteiger partial charge in [0.1, 0.15) is 11.5 Å². The Labute approximate surface area is 448 Å². The largest absolute Gasteiger partial charge is 2.00 e. The third-order valence-corrected chi connectivity index (χ3v) is 5.23. The standard InChI is InChI=1S/C28H30N4O10.2C2H4O2.2C2H6O.2CHCl3.3Co/c1-37-23-7-3-5-19(25(23)33)15-29-39-11-13-41-31-17-21-9-10-22(28(36)27(21)35)18-32-42-14-12-40-30-16-20-6-4-8-24(38-2)26(20)34;2*1-2(3)4;2*1-2-3;2*2-1(3)4;;;/h3-10,15-18,33-36H,11-14H2,1-2H3;2*1H3,(H,3,4);2*3H,2H2,1H3;2*1H;;;/q;;;;;;;3*+2/p-6/b29-15+,30-16+,31-17+,32-18+;;;;;;;;;. The zero-order valence-corrected chi connectivity index (χ0v) is 43.7. The van der Waals surface area contributed by atoms with E-state index >= 15 is 0 Å². The molecule has 2 N–H and O–H groups in total. The van der Waals surface area contributed by atoms with E-state index in [1.807, 2.05) is 0 Å². The summed E-state index contributed by atoms with van der Waals surface area (Å²) in [6.07, 6.45) is 4.71. The number of nitrogens with zero attached hydrogens (tertiary/aromatic N) is 4. The summed E-state index contributed by atoms with van der Waals surface area (Å²) in [7, 11) is 2.79. The Morgan fingerprint density at radius 2 is 0.716 bits per heavy atom. The summed E-state index contributed by atoms with van der Waals surface area (Å²) in [5, 5.41) is 96.1. The number of aliphatic carboxylic acids is 2. The molecule has 20 nitrogen and oxygen atoms in total. The number of rotatable bonds is 16. The second-order valence-corrected chi connectivity index (χ2v) is 14.0. The summed E-state index contributed by atoms with van der Waals surface area (Å²) >= 11 is 28.8. The van der Waals surface area contributed by atoms with Gasteiger partial charge in [0, 0.05) is 25.2 Å². The monoisotopic (exact) mass is 1200 g/mol. The Hall–Kier alpha value is -3.54. The van der Waals surface area contributed by atoms with E-state index in [9.17, 15) is 20.4 Å². The second-order valence-electron chi connectivity index (χ2n) is 10.0. The van der Waals surface area contributed by atoms with Gasteiger partial charge >= 0.3 is 50.3 Å². The van der Waals surface area contributed by atoms with Gasteiger partial charge < -0.3 is 79.3 Å². The maximum absolute atomic E-state index is 12.3. The van der Waals surface area contributed by atoms with Crippen LogP contribution >= 0.6 is 69.6 Å². The van der Waals surface area contributed by atoms with Gasteiger partial charge in [0.2, 0.25) is 0 Å². The van der Waals surface area contributed by atoms with Crippen molar-refractivity contribution in [3.05, 3.63) is 70.8 Å². The summed E-state index contributed by atoms with van der Waals surface area (Å²) in [4.78, 5) is 37.8. The number of ether oxygens (including phenoxy) is 2. The van der Waals surface area contributed by atoms with Gasteiger partial charge in [0.25, 0.3) is 0 Å². The number of methoxy groups -OCH3 is 2. The van der Waals surface area contributed by atoms with Crippen molar-refractivity contribution in [1.29, 1.82) is 0 Å². The summed E-state index contributed by atoms with van der Waals surface area (Å²) in [5.41, 5.74) is 0.624. The number of carbonyl (C=O) groups is 2. The van der Waals surface area contributed by atoms with Crippen LogP contribution in [0.1, 0.15) is 49.9 Å². The number of benzene rings is 3. The number of alkyl halides is 6. The van der Waals surface area contributed by atoms with Crippen LogP contribution in [-0.2, 0) is 79.3 Å². The Balaban J connectivity index is -0.000000242. The fourth-order valence-corrected chi connectivity index (χ4v) is 3.12. The molecule has 0 bridgehead atoms. The van der Waals surface area contributed by atoms with Crippen molar-refractivity contribution in [2.75, 3.05) is 53.9 Å². The maximum atomic E-state index is 12.3. The fourth-order valence-electron chi connectivity index (χ4n) is 3.12. The van der Waals surface area contributed by atoms with E-state index < -0.39 is 32.0 Å². The van der Waals surface area contributed by atoms with Gasteiger partial charge in [-0.05, 0) is 62.1 Å². The SMILES string of the molecule is CC(=O)[O-].CC(=O)[O-].CCO.CCO.COc1cccc(/C=N/OCCO/N=C/c2ccc(/C=N/OCCO/N=C/c3cccc(OC)c3[O-])c([O-])c2[O-])c1[O-].ClC(Cl)Cl.ClC(Cl)Cl.[Co+2].[Co+2].[Co+2]. The van der Waals surface area contributed by atoms with Crippen molar-refractivity contribution < 1.29 is 130 Å². The van der Waals surface area contributed by atoms with E-state index in [0.717, 1.165) is 26.3 Å². The minimum atomic E-state index is -1.08. The molecule has 0 saturated heterocycles. The van der Waals surface area contributed by atoms with Crippen LogP contribution in [0, 0.1) is 0 Å². The van der Waals surface area contributed by atoms with E-state index in [4.69, 9.17) is 128 Å². The van der Waals surface area contributed by atoms with Crippen LogP contribution in [0.25, 0.3) is 0 Å². The van der Waals surface area contributed by atoms with Gasteiger partial charge in [0.05, 0.1) is 39.1 Å². The molecule has 0 aliphatic heterocycles. The van der Waals surface area contributed by atoms with Gasteiger partial charge in [-0.2, -0.15) is 0 Å². The first kappa shape index (κ1) is 77.7.